The van der Waals surface area contributed by atoms with Crippen LogP contribution in [0.1, 0.15) is 5.89 Å². The average Bonchev–Trinajstić information content (AvgIpc) is 3.23. The normalized spacial score (nSPS) is 16.0. The van der Waals surface area contributed by atoms with Gasteiger partial charge in [0.15, 0.2) is 5.76 Å². The number of piperazine rings is 1. The lowest BCUT2D eigenvalue weighted by Crippen LogP contribution is -2.48. The van der Waals surface area contributed by atoms with Gasteiger partial charge in [-0.1, -0.05) is 18.2 Å². The second-order valence-corrected chi connectivity index (χ2v) is 8.78. The Labute approximate surface area is 170 Å². The van der Waals surface area contributed by atoms with E-state index in [1.807, 2.05) is 30.3 Å². The number of hydrogen-bond donors (Lipinski definition) is 0. The minimum Gasteiger partial charge on any atom is -0.497 e. The Kier molecular flexibility index (Phi) is 5.66. The van der Waals surface area contributed by atoms with Crippen LogP contribution >= 0.6 is 0 Å². The van der Waals surface area contributed by atoms with Crippen LogP contribution in [0, 0.1) is 0 Å². The molecule has 4 rings (SSSR count). The van der Waals surface area contributed by atoms with Crippen molar-refractivity contribution >= 4 is 10.0 Å². The Balaban J connectivity index is 1.36. The van der Waals surface area contributed by atoms with Gasteiger partial charge in [-0.3, -0.25) is 4.90 Å². The zero-order chi connectivity index (χ0) is 20.3. The van der Waals surface area contributed by atoms with E-state index in [-0.39, 0.29) is 0 Å². The summed E-state index contributed by atoms with van der Waals surface area (Å²) in [4.78, 5) is 6.86. The SMILES string of the molecule is COc1ccc(-c2cnc(CN3CCN(S(=O)(=O)c4ccccc4)CC3)o2)cc1. The van der Waals surface area contributed by atoms with Gasteiger partial charge >= 0.3 is 0 Å². The average molecular weight is 413 g/mol. The molecule has 0 N–H and O–H groups in total. The van der Waals surface area contributed by atoms with Gasteiger partial charge in [0.2, 0.25) is 15.9 Å². The van der Waals surface area contributed by atoms with E-state index in [9.17, 15) is 8.42 Å². The molecule has 0 aliphatic carbocycles. The maximum atomic E-state index is 12.7. The Morgan fingerprint density at radius 2 is 1.69 bits per heavy atom. The van der Waals surface area contributed by atoms with Crippen LogP contribution in [0.25, 0.3) is 11.3 Å². The predicted octanol–water partition coefficient (Wildman–Crippen LogP) is 2.86. The van der Waals surface area contributed by atoms with E-state index in [0.717, 1.165) is 11.3 Å². The van der Waals surface area contributed by atoms with E-state index in [1.165, 1.54) is 4.31 Å². The number of nitrogens with zero attached hydrogens (tertiary/aromatic N) is 3. The van der Waals surface area contributed by atoms with Crippen LogP contribution in [-0.4, -0.2) is 55.9 Å². The zero-order valence-electron chi connectivity index (χ0n) is 16.2. The van der Waals surface area contributed by atoms with Crippen molar-refractivity contribution in [2.45, 2.75) is 11.4 Å². The Morgan fingerprint density at radius 1 is 1.00 bits per heavy atom. The van der Waals surface area contributed by atoms with Gasteiger partial charge in [-0.05, 0) is 36.4 Å². The Hall–Kier alpha value is -2.68. The van der Waals surface area contributed by atoms with Gasteiger partial charge in [0.1, 0.15) is 5.75 Å². The third-order valence-electron chi connectivity index (χ3n) is 5.00. The molecule has 1 fully saturated rings. The van der Waals surface area contributed by atoms with Crippen LogP contribution in [-0.2, 0) is 16.6 Å². The van der Waals surface area contributed by atoms with Crippen molar-refractivity contribution < 1.29 is 17.6 Å². The predicted molar refractivity (Wildman–Crippen MR) is 109 cm³/mol. The molecule has 1 aromatic heterocycles. The summed E-state index contributed by atoms with van der Waals surface area (Å²) < 4.78 is 38.0. The van der Waals surface area contributed by atoms with Crippen molar-refractivity contribution in [2.24, 2.45) is 0 Å². The molecule has 3 aromatic rings. The van der Waals surface area contributed by atoms with Crippen molar-refractivity contribution in [3.05, 3.63) is 66.7 Å². The number of oxazole rings is 1. The van der Waals surface area contributed by atoms with Crippen molar-refractivity contribution in [3.8, 4) is 17.1 Å². The van der Waals surface area contributed by atoms with Crippen LogP contribution < -0.4 is 4.74 Å². The van der Waals surface area contributed by atoms with E-state index in [4.69, 9.17) is 9.15 Å². The van der Waals surface area contributed by atoms with Gasteiger partial charge < -0.3 is 9.15 Å². The van der Waals surface area contributed by atoms with Crippen LogP contribution in [0.3, 0.4) is 0 Å². The molecule has 0 spiro atoms. The van der Waals surface area contributed by atoms with Gasteiger partial charge in [-0.25, -0.2) is 13.4 Å². The number of ether oxygens (including phenoxy) is 1. The second kappa shape index (κ2) is 8.36. The lowest BCUT2D eigenvalue weighted by Gasteiger charge is -2.33. The number of benzene rings is 2. The van der Waals surface area contributed by atoms with Crippen molar-refractivity contribution in [2.75, 3.05) is 33.3 Å². The van der Waals surface area contributed by atoms with Crippen LogP contribution in [0.4, 0.5) is 0 Å². The number of sulfonamides is 1. The quantitative estimate of drug-likeness (QED) is 0.619. The van der Waals surface area contributed by atoms with E-state index in [1.54, 1.807) is 37.6 Å². The molecular weight excluding hydrogens is 390 g/mol. The number of hydrogen-bond acceptors (Lipinski definition) is 6. The van der Waals surface area contributed by atoms with Gasteiger partial charge in [-0.2, -0.15) is 4.31 Å². The molecule has 8 heteroatoms. The van der Waals surface area contributed by atoms with Crippen LogP contribution in [0.5, 0.6) is 5.75 Å². The lowest BCUT2D eigenvalue weighted by molar-refractivity contribution is 0.168. The molecule has 0 saturated carbocycles. The highest BCUT2D eigenvalue weighted by molar-refractivity contribution is 7.89. The third kappa shape index (κ3) is 4.34. The number of rotatable bonds is 6. The van der Waals surface area contributed by atoms with Crippen molar-refractivity contribution in [1.82, 2.24) is 14.2 Å². The number of methoxy groups -OCH3 is 1. The molecule has 0 bridgehead atoms. The summed E-state index contributed by atoms with van der Waals surface area (Å²) in [5.74, 6) is 2.11. The highest BCUT2D eigenvalue weighted by Gasteiger charge is 2.28. The summed E-state index contributed by atoms with van der Waals surface area (Å²) in [6.45, 7) is 2.71. The Morgan fingerprint density at radius 3 is 2.34 bits per heavy atom. The van der Waals surface area contributed by atoms with E-state index in [2.05, 4.69) is 9.88 Å². The molecule has 152 valence electrons. The molecule has 29 heavy (non-hydrogen) atoms. The highest BCUT2D eigenvalue weighted by Crippen LogP contribution is 2.24. The third-order valence-corrected chi connectivity index (χ3v) is 6.91. The molecular formula is C21H23N3O4S. The minimum atomic E-state index is -3.44. The summed E-state index contributed by atoms with van der Waals surface area (Å²) in [6.07, 6.45) is 1.72. The standard InChI is InChI=1S/C21H23N3O4S/c1-27-18-9-7-17(8-10-18)20-15-22-21(28-20)16-23-11-13-24(14-12-23)29(25,26)19-5-3-2-4-6-19/h2-10,15H,11-14,16H2,1H3. The lowest BCUT2D eigenvalue weighted by atomic mass is 10.2. The molecule has 7 nitrogen and oxygen atoms in total. The molecule has 1 saturated heterocycles. The van der Waals surface area contributed by atoms with E-state index >= 15 is 0 Å². The summed E-state index contributed by atoms with van der Waals surface area (Å²) >= 11 is 0. The van der Waals surface area contributed by atoms with Crippen molar-refractivity contribution in [3.63, 3.8) is 0 Å². The van der Waals surface area contributed by atoms with Crippen LogP contribution in [0.2, 0.25) is 0 Å². The Bertz CT molecular complexity index is 1040. The maximum Gasteiger partial charge on any atom is 0.243 e. The first-order valence-electron chi connectivity index (χ1n) is 9.43. The fourth-order valence-electron chi connectivity index (χ4n) is 3.33. The molecule has 0 amide bonds. The fraction of sp³-hybridized carbons (Fsp3) is 0.286. The molecule has 2 heterocycles. The summed E-state index contributed by atoms with van der Waals surface area (Å²) in [5, 5.41) is 0. The number of aromatic nitrogens is 1. The largest absolute Gasteiger partial charge is 0.497 e. The molecule has 0 unspecified atom stereocenters. The van der Waals surface area contributed by atoms with Gasteiger partial charge in [0.25, 0.3) is 0 Å². The first-order valence-corrected chi connectivity index (χ1v) is 10.9. The second-order valence-electron chi connectivity index (χ2n) is 6.84. The maximum absolute atomic E-state index is 12.7. The minimum absolute atomic E-state index is 0.338. The van der Waals surface area contributed by atoms with Crippen molar-refractivity contribution in [1.29, 1.82) is 0 Å². The highest BCUT2D eigenvalue weighted by atomic mass is 32.2. The first-order chi connectivity index (χ1) is 14.1. The first kappa shape index (κ1) is 19.6. The smallest absolute Gasteiger partial charge is 0.243 e. The molecule has 1 aliphatic heterocycles. The van der Waals surface area contributed by atoms with E-state index in [0.29, 0.717) is 49.3 Å². The van der Waals surface area contributed by atoms with Crippen LogP contribution in [0.15, 0.2) is 70.1 Å². The molecule has 1 aliphatic rings. The monoisotopic (exact) mass is 413 g/mol. The van der Waals surface area contributed by atoms with Gasteiger partial charge in [0, 0.05) is 31.7 Å². The molecule has 2 aromatic carbocycles. The van der Waals surface area contributed by atoms with E-state index < -0.39 is 10.0 Å². The fourth-order valence-corrected chi connectivity index (χ4v) is 4.78. The summed E-state index contributed by atoms with van der Waals surface area (Å²) in [5.41, 5.74) is 0.934. The zero-order valence-corrected chi connectivity index (χ0v) is 17.0. The summed E-state index contributed by atoms with van der Waals surface area (Å²) in [6, 6.07) is 16.2. The molecule has 0 atom stereocenters. The topological polar surface area (TPSA) is 75.9 Å². The summed E-state index contributed by atoms with van der Waals surface area (Å²) in [7, 11) is -1.81. The van der Waals surface area contributed by atoms with Gasteiger partial charge in [-0.15, -0.1) is 0 Å². The molecule has 0 radical (unpaired) electrons. The van der Waals surface area contributed by atoms with Gasteiger partial charge in [0.05, 0.1) is 24.7 Å².